The summed E-state index contributed by atoms with van der Waals surface area (Å²) >= 11 is 6.53. The van der Waals surface area contributed by atoms with Crippen molar-refractivity contribution in [3.63, 3.8) is 0 Å². The summed E-state index contributed by atoms with van der Waals surface area (Å²) in [5, 5.41) is 6.75. The number of halogens is 3. The molecular formula is C27H23ClF2N2O5. The number of nitrogens with one attached hydrogen (secondary N) is 2. The van der Waals surface area contributed by atoms with Crippen molar-refractivity contribution >= 4 is 29.2 Å². The molecular weight excluding hydrogens is 506 g/mol. The number of hydrogen-bond donors (Lipinski definition) is 2. The van der Waals surface area contributed by atoms with Crippen molar-refractivity contribution in [3.05, 3.63) is 87.9 Å². The van der Waals surface area contributed by atoms with E-state index in [1.165, 1.54) is 30.3 Å². The third kappa shape index (κ3) is 5.38. The predicted molar refractivity (Wildman–Crippen MR) is 131 cm³/mol. The molecule has 3 aromatic carbocycles. The molecule has 0 amide bonds. The van der Waals surface area contributed by atoms with Gasteiger partial charge in [0.05, 0.1) is 30.1 Å². The molecule has 0 bridgehead atoms. The molecule has 5 rings (SSSR count). The minimum atomic E-state index is -1.61. The fourth-order valence-electron chi connectivity index (χ4n) is 4.42. The van der Waals surface area contributed by atoms with Crippen molar-refractivity contribution in [3.8, 4) is 11.5 Å². The molecule has 0 aliphatic carbocycles. The maximum Gasteiger partial charge on any atom is 0.309 e. The largest absolute Gasteiger partial charge is 0.457 e. The zero-order valence-corrected chi connectivity index (χ0v) is 20.4. The van der Waals surface area contributed by atoms with Gasteiger partial charge in [0.2, 0.25) is 0 Å². The number of fused-ring (bicyclic) bond motifs is 2. The number of ether oxygens (including phenoxy) is 3. The molecule has 2 heterocycles. The molecule has 1 fully saturated rings. The van der Waals surface area contributed by atoms with E-state index in [0.717, 1.165) is 0 Å². The number of rotatable bonds is 5. The minimum absolute atomic E-state index is 0.0608. The Hall–Kier alpha value is -3.69. The zero-order chi connectivity index (χ0) is 26.0. The van der Waals surface area contributed by atoms with Crippen LogP contribution in [-0.4, -0.2) is 25.0 Å². The van der Waals surface area contributed by atoms with Crippen LogP contribution in [0, 0.1) is 11.6 Å². The smallest absolute Gasteiger partial charge is 0.309 e. The number of hydrogen-bond acceptors (Lipinski definition) is 7. The van der Waals surface area contributed by atoms with E-state index in [1.54, 1.807) is 24.3 Å². The lowest BCUT2D eigenvalue weighted by Crippen LogP contribution is -2.43. The summed E-state index contributed by atoms with van der Waals surface area (Å²) in [6.07, 6.45) is 0.380. The summed E-state index contributed by atoms with van der Waals surface area (Å²) < 4.78 is 44.9. The summed E-state index contributed by atoms with van der Waals surface area (Å²) in [5.74, 6) is -2.92. The summed E-state index contributed by atoms with van der Waals surface area (Å²) in [7, 11) is 0. The molecule has 7 nitrogen and oxygen atoms in total. The van der Waals surface area contributed by atoms with E-state index in [9.17, 15) is 18.4 Å². The lowest BCUT2D eigenvalue weighted by Gasteiger charge is -2.32. The summed E-state index contributed by atoms with van der Waals surface area (Å²) in [5.41, 5.74) is 2.10. The van der Waals surface area contributed by atoms with E-state index in [4.69, 9.17) is 25.8 Å². The van der Waals surface area contributed by atoms with Crippen LogP contribution in [0.2, 0.25) is 5.02 Å². The fraction of sp³-hybridized carbons (Fsp3) is 0.259. The molecule has 1 saturated heterocycles. The van der Waals surface area contributed by atoms with Gasteiger partial charge in [0.15, 0.2) is 0 Å². The van der Waals surface area contributed by atoms with Crippen LogP contribution in [0.15, 0.2) is 54.6 Å². The molecule has 3 aromatic rings. The standard InChI is InChI=1S/C27H23ClF2N2O5/c28-22-8-7-21-20(11-12-31-15-27(21)36-24(33)9-10-25(34)37-27)26(22)32-14-16-1-4-19(13-23(16)30)35-18-5-2-17(29)3-6-18/h1-8,13,31-32H,9-12,14-15H2. The third-order valence-corrected chi connectivity index (χ3v) is 6.52. The number of carbonyl (C=O) groups is 2. The molecule has 2 aliphatic heterocycles. The van der Waals surface area contributed by atoms with E-state index in [0.29, 0.717) is 46.1 Å². The Bertz CT molecular complexity index is 1330. The van der Waals surface area contributed by atoms with Crippen molar-refractivity contribution in [2.75, 3.05) is 18.4 Å². The molecule has 0 unspecified atom stereocenters. The molecule has 0 saturated carbocycles. The van der Waals surface area contributed by atoms with E-state index in [1.807, 2.05) is 0 Å². The first-order valence-corrected chi connectivity index (χ1v) is 12.1. The molecule has 192 valence electrons. The average Bonchev–Trinajstić information content (AvgIpc) is 3.13. The van der Waals surface area contributed by atoms with Gasteiger partial charge >= 0.3 is 11.9 Å². The van der Waals surface area contributed by atoms with E-state index >= 15 is 0 Å². The van der Waals surface area contributed by atoms with Crippen LogP contribution in [-0.2, 0) is 37.8 Å². The molecule has 37 heavy (non-hydrogen) atoms. The third-order valence-electron chi connectivity index (χ3n) is 6.20. The Labute approximate surface area is 216 Å². The van der Waals surface area contributed by atoms with Gasteiger partial charge in [0.1, 0.15) is 23.1 Å². The van der Waals surface area contributed by atoms with Gasteiger partial charge in [0.25, 0.3) is 5.79 Å². The fourth-order valence-corrected chi connectivity index (χ4v) is 4.67. The number of esters is 2. The second-order valence-corrected chi connectivity index (χ2v) is 9.15. The molecule has 0 aromatic heterocycles. The highest BCUT2D eigenvalue weighted by molar-refractivity contribution is 6.33. The van der Waals surface area contributed by atoms with Crippen molar-refractivity contribution in [1.29, 1.82) is 0 Å². The highest BCUT2D eigenvalue weighted by Gasteiger charge is 2.46. The second-order valence-electron chi connectivity index (χ2n) is 8.74. The van der Waals surface area contributed by atoms with Gasteiger partial charge in [0, 0.05) is 23.7 Å². The number of anilines is 1. The van der Waals surface area contributed by atoms with Crippen molar-refractivity contribution < 1.29 is 32.6 Å². The highest BCUT2D eigenvalue weighted by atomic mass is 35.5. The maximum absolute atomic E-state index is 14.9. The Morgan fingerprint density at radius 3 is 2.35 bits per heavy atom. The second kappa shape index (κ2) is 10.4. The summed E-state index contributed by atoms with van der Waals surface area (Å²) in [4.78, 5) is 24.6. The predicted octanol–water partition coefficient (Wildman–Crippen LogP) is 5.20. The van der Waals surface area contributed by atoms with Crippen LogP contribution in [0.4, 0.5) is 14.5 Å². The Balaban J connectivity index is 1.40. The first kappa shape index (κ1) is 25.0. The van der Waals surface area contributed by atoms with Crippen LogP contribution in [0.5, 0.6) is 11.5 Å². The Morgan fingerprint density at radius 1 is 0.946 bits per heavy atom. The van der Waals surface area contributed by atoms with Gasteiger partial charge in [-0.15, -0.1) is 0 Å². The van der Waals surface area contributed by atoms with Gasteiger partial charge in [-0.2, -0.15) is 0 Å². The lowest BCUT2D eigenvalue weighted by molar-refractivity contribution is -0.225. The average molecular weight is 529 g/mol. The highest BCUT2D eigenvalue weighted by Crippen LogP contribution is 2.40. The summed E-state index contributed by atoms with van der Waals surface area (Å²) in [6, 6.07) is 13.2. The number of benzene rings is 3. The molecule has 10 heteroatoms. The molecule has 1 spiro atoms. The Morgan fingerprint density at radius 2 is 1.65 bits per heavy atom. The lowest BCUT2D eigenvalue weighted by atomic mass is 9.96. The van der Waals surface area contributed by atoms with Crippen LogP contribution < -0.4 is 15.4 Å². The van der Waals surface area contributed by atoms with E-state index < -0.39 is 29.4 Å². The topological polar surface area (TPSA) is 85.9 Å². The van der Waals surface area contributed by atoms with E-state index in [2.05, 4.69) is 10.6 Å². The first-order chi connectivity index (χ1) is 17.8. The van der Waals surface area contributed by atoms with Gasteiger partial charge in [-0.05, 0) is 61.0 Å². The van der Waals surface area contributed by atoms with Crippen LogP contribution >= 0.6 is 11.6 Å². The zero-order valence-electron chi connectivity index (χ0n) is 19.6. The maximum atomic E-state index is 14.9. The van der Waals surface area contributed by atoms with Gasteiger partial charge in [-0.3, -0.25) is 9.59 Å². The van der Waals surface area contributed by atoms with Gasteiger partial charge < -0.3 is 24.8 Å². The molecule has 2 aliphatic rings. The molecule has 2 N–H and O–H groups in total. The number of carbonyl (C=O) groups excluding carboxylic acids is 2. The normalized spacial score (nSPS) is 16.7. The first-order valence-electron chi connectivity index (χ1n) is 11.7. The minimum Gasteiger partial charge on any atom is -0.457 e. The van der Waals surface area contributed by atoms with Crippen LogP contribution in [0.1, 0.15) is 29.5 Å². The van der Waals surface area contributed by atoms with Gasteiger partial charge in [-0.1, -0.05) is 17.7 Å². The van der Waals surface area contributed by atoms with Crippen molar-refractivity contribution in [2.24, 2.45) is 0 Å². The van der Waals surface area contributed by atoms with E-state index in [-0.39, 0.29) is 31.7 Å². The molecule has 0 atom stereocenters. The quantitative estimate of drug-likeness (QED) is 0.440. The summed E-state index contributed by atoms with van der Waals surface area (Å²) in [6.45, 7) is 0.712. The molecule has 0 radical (unpaired) electrons. The van der Waals surface area contributed by atoms with Crippen molar-refractivity contribution in [2.45, 2.75) is 31.6 Å². The monoisotopic (exact) mass is 528 g/mol. The Kier molecular flexibility index (Phi) is 6.99. The van der Waals surface area contributed by atoms with Crippen LogP contribution in [0.25, 0.3) is 0 Å². The van der Waals surface area contributed by atoms with Crippen LogP contribution in [0.3, 0.4) is 0 Å². The van der Waals surface area contributed by atoms with Crippen molar-refractivity contribution in [1.82, 2.24) is 5.32 Å². The van der Waals surface area contributed by atoms with Gasteiger partial charge in [-0.25, -0.2) is 8.78 Å². The SMILES string of the molecule is O=C1CCC(=O)OC2(CNCCc3c2ccc(Cl)c3NCc2ccc(Oc3ccc(F)cc3)cc2F)O1.